The number of alkyl halides is 1. The number of hydrogen-bond donors (Lipinski definition) is 0. The van der Waals surface area contributed by atoms with E-state index in [9.17, 15) is 0 Å². The van der Waals surface area contributed by atoms with Crippen LogP contribution in [0.25, 0.3) is 10.1 Å². The summed E-state index contributed by atoms with van der Waals surface area (Å²) in [6, 6.07) is 9.30. The molecular weight excluding hydrogens is 306 g/mol. The summed E-state index contributed by atoms with van der Waals surface area (Å²) in [5.74, 6) is 0. The van der Waals surface area contributed by atoms with Crippen LogP contribution < -0.4 is 0 Å². The Kier molecular flexibility index (Phi) is 5.22. The van der Waals surface area contributed by atoms with E-state index in [1.54, 1.807) is 0 Å². The molecule has 0 fully saturated rings. The summed E-state index contributed by atoms with van der Waals surface area (Å²) in [6.45, 7) is 6.79. The van der Waals surface area contributed by atoms with E-state index >= 15 is 0 Å². The second-order valence-electron chi connectivity index (χ2n) is 4.86. The molecule has 1 aromatic heterocycles. The van der Waals surface area contributed by atoms with E-state index in [1.807, 2.05) is 11.3 Å². The molecule has 0 unspecified atom stereocenters. The highest BCUT2D eigenvalue weighted by atomic mass is 79.9. The zero-order chi connectivity index (χ0) is 13.0. The molecule has 1 aromatic carbocycles. The second-order valence-corrected chi connectivity index (χ2v) is 6.57. The van der Waals surface area contributed by atoms with Gasteiger partial charge in [0.25, 0.3) is 0 Å². The van der Waals surface area contributed by atoms with Crippen LogP contribution in [0.4, 0.5) is 0 Å². The molecule has 0 saturated heterocycles. The minimum absolute atomic E-state index is 0.600. The van der Waals surface area contributed by atoms with Crippen molar-refractivity contribution in [2.45, 2.75) is 32.9 Å². The lowest BCUT2D eigenvalue weighted by Crippen LogP contribution is -2.31. The molecule has 1 heterocycles. The number of thiophene rings is 1. The van der Waals surface area contributed by atoms with Gasteiger partial charge in [-0.3, -0.25) is 4.90 Å². The monoisotopic (exact) mass is 325 g/mol. The molecule has 0 amide bonds. The van der Waals surface area contributed by atoms with Gasteiger partial charge < -0.3 is 0 Å². The molecular formula is C15H20BrNS. The van der Waals surface area contributed by atoms with Crippen molar-refractivity contribution in [3.63, 3.8) is 0 Å². The van der Waals surface area contributed by atoms with Crippen LogP contribution in [0.1, 0.15) is 25.8 Å². The lowest BCUT2D eigenvalue weighted by atomic mass is 10.1. The maximum atomic E-state index is 3.52. The van der Waals surface area contributed by atoms with Crippen molar-refractivity contribution < 1.29 is 0 Å². The molecule has 0 N–H and O–H groups in total. The Morgan fingerprint density at radius 3 is 2.78 bits per heavy atom. The number of nitrogens with zero attached hydrogens (tertiary/aromatic N) is 1. The summed E-state index contributed by atoms with van der Waals surface area (Å²) >= 11 is 5.38. The van der Waals surface area contributed by atoms with Gasteiger partial charge in [0.15, 0.2) is 0 Å². The summed E-state index contributed by atoms with van der Waals surface area (Å²) in [5, 5.41) is 4.82. The van der Waals surface area contributed by atoms with E-state index in [1.165, 1.54) is 22.1 Å². The standard InChI is InChI=1S/C15H20BrNS/c1-12(2)17(9-5-8-16)10-13-11-18-15-7-4-3-6-14(13)15/h3-4,6-7,11-12H,5,8-10H2,1-2H3. The highest BCUT2D eigenvalue weighted by Crippen LogP contribution is 2.27. The van der Waals surface area contributed by atoms with Gasteiger partial charge in [-0.05, 0) is 49.2 Å². The molecule has 0 aliphatic heterocycles. The summed E-state index contributed by atoms with van der Waals surface area (Å²) in [6.07, 6.45) is 1.21. The van der Waals surface area contributed by atoms with Gasteiger partial charge in [-0.2, -0.15) is 0 Å². The average Bonchev–Trinajstić information content (AvgIpc) is 2.77. The number of benzene rings is 1. The molecule has 0 saturated carbocycles. The SMILES string of the molecule is CC(C)N(CCCBr)Cc1csc2ccccc12. The molecule has 18 heavy (non-hydrogen) atoms. The summed E-state index contributed by atoms with van der Waals surface area (Å²) < 4.78 is 1.40. The van der Waals surface area contributed by atoms with Crippen molar-refractivity contribution in [2.24, 2.45) is 0 Å². The third-order valence-electron chi connectivity index (χ3n) is 3.24. The predicted octanol–water partition coefficient (Wildman–Crippen LogP) is 4.90. The first-order valence-electron chi connectivity index (χ1n) is 6.47. The topological polar surface area (TPSA) is 3.24 Å². The Bertz CT molecular complexity index is 492. The van der Waals surface area contributed by atoms with E-state index in [-0.39, 0.29) is 0 Å². The van der Waals surface area contributed by atoms with Gasteiger partial charge in [-0.15, -0.1) is 11.3 Å². The lowest BCUT2D eigenvalue weighted by Gasteiger charge is -2.26. The maximum Gasteiger partial charge on any atom is 0.0346 e. The molecule has 0 atom stereocenters. The Labute approximate surface area is 122 Å². The van der Waals surface area contributed by atoms with Crippen LogP contribution in [0, 0.1) is 0 Å². The fraction of sp³-hybridized carbons (Fsp3) is 0.467. The first kappa shape index (κ1) is 14.0. The normalized spacial score (nSPS) is 11.8. The van der Waals surface area contributed by atoms with Gasteiger partial charge in [0.1, 0.15) is 0 Å². The van der Waals surface area contributed by atoms with Gasteiger partial charge in [0.2, 0.25) is 0 Å². The minimum Gasteiger partial charge on any atom is -0.297 e. The largest absolute Gasteiger partial charge is 0.297 e. The highest BCUT2D eigenvalue weighted by molar-refractivity contribution is 9.09. The summed E-state index contributed by atoms with van der Waals surface area (Å²) in [4.78, 5) is 2.55. The molecule has 0 spiro atoms. The molecule has 0 aliphatic rings. The molecule has 98 valence electrons. The number of halogens is 1. The van der Waals surface area contributed by atoms with Gasteiger partial charge >= 0.3 is 0 Å². The number of hydrogen-bond acceptors (Lipinski definition) is 2. The molecule has 2 rings (SSSR count). The quantitative estimate of drug-likeness (QED) is 0.683. The zero-order valence-corrected chi connectivity index (χ0v) is 13.4. The second kappa shape index (κ2) is 6.69. The van der Waals surface area contributed by atoms with Crippen LogP contribution in [0.2, 0.25) is 0 Å². The number of fused-ring (bicyclic) bond motifs is 1. The van der Waals surface area contributed by atoms with E-state index in [4.69, 9.17) is 0 Å². The van der Waals surface area contributed by atoms with Crippen LogP contribution in [0.15, 0.2) is 29.6 Å². The molecule has 0 radical (unpaired) electrons. The van der Waals surface area contributed by atoms with Crippen LogP contribution in [-0.2, 0) is 6.54 Å². The molecule has 0 aliphatic carbocycles. The molecule has 3 heteroatoms. The van der Waals surface area contributed by atoms with Crippen molar-refractivity contribution in [3.8, 4) is 0 Å². The van der Waals surface area contributed by atoms with Crippen LogP contribution in [0.3, 0.4) is 0 Å². The average molecular weight is 326 g/mol. The van der Waals surface area contributed by atoms with Crippen molar-refractivity contribution >= 4 is 37.4 Å². The third kappa shape index (κ3) is 3.34. The third-order valence-corrected chi connectivity index (χ3v) is 4.82. The first-order valence-corrected chi connectivity index (χ1v) is 8.47. The molecule has 0 bridgehead atoms. The number of rotatable bonds is 6. The maximum absolute atomic E-state index is 3.52. The lowest BCUT2D eigenvalue weighted by molar-refractivity contribution is 0.215. The fourth-order valence-corrected chi connectivity index (χ4v) is 3.36. The molecule has 2 aromatic rings. The van der Waals surface area contributed by atoms with Crippen molar-refractivity contribution in [2.75, 3.05) is 11.9 Å². The predicted molar refractivity (Wildman–Crippen MR) is 85.8 cm³/mol. The highest BCUT2D eigenvalue weighted by Gasteiger charge is 2.12. The smallest absolute Gasteiger partial charge is 0.0346 e. The Morgan fingerprint density at radius 2 is 2.06 bits per heavy atom. The van der Waals surface area contributed by atoms with Crippen molar-refractivity contribution in [3.05, 3.63) is 35.2 Å². The van der Waals surface area contributed by atoms with Crippen LogP contribution >= 0.6 is 27.3 Å². The van der Waals surface area contributed by atoms with Gasteiger partial charge in [0.05, 0.1) is 0 Å². The molecule has 1 nitrogen and oxygen atoms in total. The van der Waals surface area contributed by atoms with Gasteiger partial charge in [0, 0.05) is 22.6 Å². The summed E-state index contributed by atoms with van der Waals surface area (Å²) in [7, 11) is 0. The van der Waals surface area contributed by atoms with E-state index in [2.05, 4.69) is 64.3 Å². The van der Waals surface area contributed by atoms with Crippen LogP contribution in [-0.4, -0.2) is 22.8 Å². The Morgan fingerprint density at radius 1 is 1.28 bits per heavy atom. The summed E-state index contributed by atoms with van der Waals surface area (Å²) in [5.41, 5.74) is 1.47. The fourth-order valence-electron chi connectivity index (χ4n) is 2.16. The Hall–Kier alpha value is -0.380. The zero-order valence-electron chi connectivity index (χ0n) is 11.0. The van der Waals surface area contributed by atoms with Crippen molar-refractivity contribution in [1.29, 1.82) is 0 Å². The van der Waals surface area contributed by atoms with Gasteiger partial charge in [-0.1, -0.05) is 34.1 Å². The van der Waals surface area contributed by atoms with Gasteiger partial charge in [-0.25, -0.2) is 0 Å². The van der Waals surface area contributed by atoms with E-state index in [0.29, 0.717) is 6.04 Å². The Balaban J connectivity index is 2.15. The van der Waals surface area contributed by atoms with E-state index in [0.717, 1.165) is 18.4 Å². The van der Waals surface area contributed by atoms with Crippen molar-refractivity contribution in [1.82, 2.24) is 4.90 Å². The first-order chi connectivity index (χ1) is 8.72. The van der Waals surface area contributed by atoms with E-state index < -0.39 is 0 Å². The van der Waals surface area contributed by atoms with Crippen LogP contribution in [0.5, 0.6) is 0 Å². The minimum atomic E-state index is 0.600.